The summed E-state index contributed by atoms with van der Waals surface area (Å²) in [4.78, 5) is 21.7. The molecule has 0 N–H and O–H groups in total. The van der Waals surface area contributed by atoms with Crippen LogP contribution in [0.5, 0.6) is 0 Å². The maximum Gasteiger partial charge on any atom is 0.254 e. The lowest BCUT2D eigenvalue weighted by Gasteiger charge is -2.35. The molecule has 0 saturated carbocycles. The lowest BCUT2D eigenvalue weighted by atomic mass is 10.0. The lowest BCUT2D eigenvalue weighted by molar-refractivity contribution is 0.0639. The highest BCUT2D eigenvalue weighted by molar-refractivity contribution is 5.94. The molecule has 4 rings (SSSR count). The number of rotatable bonds is 4. The van der Waals surface area contributed by atoms with E-state index in [9.17, 15) is 4.79 Å². The molecule has 2 fully saturated rings. The number of aromatic nitrogens is 1. The van der Waals surface area contributed by atoms with Crippen molar-refractivity contribution in [2.45, 2.75) is 44.3 Å². The van der Waals surface area contributed by atoms with Gasteiger partial charge in [0.15, 0.2) is 0 Å². The van der Waals surface area contributed by atoms with Gasteiger partial charge in [0.2, 0.25) is 0 Å². The first kappa shape index (κ1) is 16.3. The number of amides is 1. The summed E-state index contributed by atoms with van der Waals surface area (Å²) in [5.41, 5.74) is 2.12. The molecule has 2 atom stereocenters. The first-order valence-electron chi connectivity index (χ1n) is 9.32. The molecule has 0 radical (unpaired) electrons. The number of hydrogen-bond donors (Lipinski definition) is 0. The summed E-state index contributed by atoms with van der Waals surface area (Å²) in [7, 11) is 0. The van der Waals surface area contributed by atoms with E-state index in [4.69, 9.17) is 0 Å². The van der Waals surface area contributed by atoms with Crippen LogP contribution in [0.2, 0.25) is 0 Å². The molecule has 4 heteroatoms. The fourth-order valence-electron chi connectivity index (χ4n) is 4.41. The zero-order valence-electron chi connectivity index (χ0n) is 14.6. The average molecular weight is 335 g/mol. The van der Waals surface area contributed by atoms with Crippen LogP contribution in [0.3, 0.4) is 0 Å². The molecule has 0 spiro atoms. The number of carbonyl (C=O) groups is 1. The Labute approximate surface area is 149 Å². The topological polar surface area (TPSA) is 36.4 Å². The van der Waals surface area contributed by atoms with E-state index in [0.717, 1.165) is 38.0 Å². The molecule has 1 aromatic heterocycles. The monoisotopic (exact) mass is 335 g/mol. The molecule has 130 valence electrons. The normalized spacial score (nSPS) is 23.9. The van der Waals surface area contributed by atoms with Crippen LogP contribution in [0, 0.1) is 0 Å². The summed E-state index contributed by atoms with van der Waals surface area (Å²) in [6.07, 6.45) is 8.05. The van der Waals surface area contributed by atoms with Crippen molar-refractivity contribution in [2.24, 2.45) is 0 Å². The Bertz CT molecular complexity index is 704. The lowest BCUT2D eigenvalue weighted by Crippen LogP contribution is -2.48. The molecule has 3 heterocycles. The Kier molecular flexibility index (Phi) is 4.79. The zero-order valence-corrected chi connectivity index (χ0v) is 14.6. The van der Waals surface area contributed by atoms with Crippen LogP contribution >= 0.6 is 0 Å². The van der Waals surface area contributed by atoms with E-state index in [1.807, 2.05) is 12.1 Å². The molecule has 2 aromatic rings. The van der Waals surface area contributed by atoms with Gasteiger partial charge in [0, 0.05) is 43.1 Å². The van der Waals surface area contributed by atoms with Crippen molar-refractivity contribution in [3.8, 4) is 0 Å². The molecule has 0 bridgehead atoms. The molecular formula is C21H25N3O. The van der Waals surface area contributed by atoms with Crippen molar-refractivity contribution in [3.05, 3.63) is 66.0 Å². The minimum absolute atomic E-state index is 0.163. The third kappa shape index (κ3) is 3.45. The standard InChI is InChI=1S/C21H25N3O/c25-21(18-10-12-22-13-11-18)24-15-5-9-20(24)19-8-4-14-23(19)16-17-6-2-1-3-7-17/h1-3,6-7,10-13,19-20H,4-5,8-9,14-16H2. The van der Waals surface area contributed by atoms with Gasteiger partial charge in [-0.1, -0.05) is 30.3 Å². The van der Waals surface area contributed by atoms with Gasteiger partial charge < -0.3 is 4.90 Å². The summed E-state index contributed by atoms with van der Waals surface area (Å²) < 4.78 is 0. The summed E-state index contributed by atoms with van der Waals surface area (Å²) in [6.45, 7) is 2.99. The van der Waals surface area contributed by atoms with E-state index in [-0.39, 0.29) is 5.91 Å². The smallest absolute Gasteiger partial charge is 0.254 e. The Morgan fingerprint density at radius 3 is 2.48 bits per heavy atom. The second kappa shape index (κ2) is 7.36. The number of pyridine rings is 1. The van der Waals surface area contributed by atoms with Crippen molar-refractivity contribution in [3.63, 3.8) is 0 Å². The Morgan fingerprint density at radius 2 is 1.68 bits per heavy atom. The maximum atomic E-state index is 13.0. The molecule has 0 aliphatic carbocycles. The van der Waals surface area contributed by atoms with Crippen LogP contribution in [0.15, 0.2) is 54.9 Å². The quantitative estimate of drug-likeness (QED) is 0.860. The van der Waals surface area contributed by atoms with Crippen molar-refractivity contribution >= 4 is 5.91 Å². The molecule has 1 aromatic carbocycles. The number of carbonyl (C=O) groups excluding carboxylic acids is 1. The largest absolute Gasteiger partial charge is 0.334 e. The fraction of sp³-hybridized carbons (Fsp3) is 0.429. The van der Waals surface area contributed by atoms with Gasteiger partial charge in [-0.2, -0.15) is 0 Å². The van der Waals surface area contributed by atoms with E-state index < -0.39 is 0 Å². The van der Waals surface area contributed by atoms with Crippen molar-refractivity contribution < 1.29 is 4.79 Å². The summed E-state index contributed by atoms with van der Waals surface area (Å²) >= 11 is 0. The molecule has 1 amide bonds. The van der Waals surface area contributed by atoms with Crippen LogP contribution in [-0.4, -0.2) is 45.9 Å². The first-order chi connectivity index (χ1) is 12.3. The van der Waals surface area contributed by atoms with E-state index >= 15 is 0 Å². The molecular weight excluding hydrogens is 310 g/mol. The van der Waals surface area contributed by atoms with E-state index in [2.05, 4.69) is 45.1 Å². The number of hydrogen-bond acceptors (Lipinski definition) is 3. The SMILES string of the molecule is O=C(c1ccncc1)N1CCCC1C1CCCN1Cc1ccccc1. The first-order valence-corrected chi connectivity index (χ1v) is 9.32. The maximum absolute atomic E-state index is 13.0. The van der Waals surface area contributed by atoms with Gasteiger partial charge in [-0.15, -0.1) is 0 Å². The second-order valence-corrected chi connectivity index (χ2v) is 7.11. The van der Waals surface area contributed by atoms with Gasteiger partial charge in [-0.25, -0.2) is 0 Å². The molecule has 2 aliphatic heterocycles. The predicted octanol–water partition coefficient (Wildman–Crippen LogP) is 3.35. The van der Waals surface area contributed by atoms with Crippen LogP contribution in [0.4, 0.5) is 0 Å². The zero-order chi connectivity index (χ0) is 17.1. The van der Waals surface area contributed by atoms with Gasteiger partial charge in [0.05, 0.1) is 0 Å². The van der Waals surface area contributed by atoms with Gasteiger partial charge in [-0.3, -0.25) is 14.7 Å². The van der Waals surface area contributed by atoms with Crippen molar-refractivity contribution in [2.75, 3.05) is 13.1 Å². The van der Waals surface area contributed by atoms with Gasteiger partial charge in [0.1, 0.15) is 0 Å². The minimum Gasteiger partial charge on any atom is -0.334 e. The van der Waals surface area contributed by atoms with Crippen LogP contribution in [-0.2, 0) is 6.54 Å². The summed E-state index contributed by atoms with van der Waals surface area (Å²) in [5, 5.41) is 0. The Hall–Kier alpha value is -2.20. The molecule has 2 unspecified atom stereocenters. The summed E-state index contributed by atoms with van der Waals surface area (Å²) in [6, 6.07) is 15.2. The number of nitrogens with zero attached hydrogens (tertiary/aromatic N) is 3. The van der Waals surface area contributed by atoms with Crippen LogP contribution in [0.25, 0.3) is 0 Å². The number of benzene rings is 1. The highest BCUT2D eigenvalue weighted by atomic mass is 16.2. The summed E-state index contributed by atoms with van der Waals surface area (Å²) in [5.74, 6) is 0.163. The van der Waals surface area contributed by atoms with E-state index in [1.54, 1.807) is 12.4 Å². The predicted molar refractivity (Wildman–Crippen MR) is 98.2 cm³/mol. The van der Waals surface area contributed by atoms with E-state index in [1.165, 1.54) is 18.4 Å². The Balaban J connectivity index is 1.50. The third-order valence-electron chi connectivity index (χ3n) is 5.57. The van der Waals surface area contributed by atoms with Gasteiger partial charge >= 0.3 is 0 Å². The molecule has 2 aliphatic rings. The highest BCUT2D eigenvalue weighted by Gasteiger charge is 2.39. The highest BCUT2D eigenvalue weighted by Crippen LogP contribution is 2.32. The fourth-order valence-corrected chi connectivity index (χ4v) is 4.41. The van der Waals surface area contributed by atoms with Crippen molar-refractivity contribution in [1.29, 1.82) is 0 Å². The number of likely N-dealkylation sites (tertiary alicyclic amines) is 2. The molecule has 25 heavy (non-hydrogen) atoms. The molecule has 4 nitrogen and oxygen atoms in total. The Morgan fingerprint density at radius 1 is 0.960 bits per heavy atom. The van der Waals surface area contributed by atoms with Crippen LogP contribution in [0.1, 0.15) is 41.6 Å². The third-order valence-corrected chi connectivity index (χ3v) is 5.57. The van der Waals surface area contributed by atoms with Gasteiger partial charge in [0.25, 0.3) is 5.91 Å². The average Bonchev–Trinajstić information content (AvgIpc) is 3.31. The van der Waals surface area contributed by atoms with Gasteiger partial charge in [-0.05, 0) is 49.9 Å². The van der Waals surface area contributed by atoms with Crippen molar-refractivity contribution in [1.82, 2.24) is 14.8 Å². The van der Waals surface area contributed by atoms with E-state index in [0.29, 0.717) is 12.1 Å². The van der Waals surface area contributed by atoms with Crippen LogP contribution < -0.4 is 0 Å². The minimum atomic E-state index is 0.163. The second-order valence-electron chi connectivity index (χ2n) is 7.11. The molecule has 2 saturated heterocycles.